The SMILES string of the molecule is CC(C)(C)OC(=O)N1CCC2CC21.CO. The summed E-state index contributed by atoms with van der Waals surface area (Å²) < 4.78 is 5.31. The summed E-state index contributed by atoms with van der Waals surface area (Å²) in [6, 6.07) is 0.509. The monoisotopic (exact) mass is 215 g/mol. The van der Waals surface area contributed by atoms with Crippen molar-refractivity contribution in [1.82, 2.24) is 4.90 Å². The van der Waals surface area contributed by atoms with Gasteiger partial charge in [0.2, 0.25) is 0 Å². The van der Waals surface area contributed by atoms with Gasteiger partial charge in [0.15, 0.2) is 0 Å². The van der Waals surface area contributed by atoms with Crippen molar-refractivity contribution in [2.75, 3.05) is 13.7 Å². The van der Waals surface area contributed by atoms with Crippen molar-refractivity contribution in [3.05, 3.63) is 0 Å². The van der Waals surface area contributed by atoms with Crippen LogP contribution >= 0.6 is 0 Å². The summed E-state index contributed by atoms with van der Waals surface area (Å²) in [4.78, 5) is 13.5. The number of aliphatic hydroxyl groups excluding tert-OH is 1. The highest BCUT2D eigenvalue weighted by atomic mass is 16.6. The molecule has 88 valence electrons. The Hall–Kier alpha value is -0.770. The predicted molar refractivity (Wildman–Crippen MR) is 57.6 cm³/mol. The number of amides is 1. The maximum absolute atomic E-state index is 11.6. The second-order valence-electron chi connectivity index (χ2n) is 5.03. The highest BCUT2D eigenvalue weighted by Gasteiger charge is 2.49. The van der Waals surface area contributed by atoms with Crippen LogP contribution in [-0.2, 0) is 4.74 Å². The summed E-state index contributed by atoms with van der Waals surface area (Å²) in [6.07, 6.45) is 2.24. The van der Waals surface area contributed by atoms with Gasteiger partial charge in [-0.25, -0.2) is 4.79 Å². The average Bonchev–Trinajstić information content (AvgIpc) is 2.78. The molecule has 0 spiro atoms. The quantitative estimate of drug-likeness (QED) is 0.668. The molecule has 1 heterocycles. The van der Waals surface area contributed by atoms with Gasteiger partial charge in [-0.3, -0.25) is 0 Å². The molecular formula is C11H21NO3. The predicted octanol–water partition coefficient (Wildman–Crippen LogP) is 1.62. The van der Waals surface area contributed by atoms with Crippen LogP contribution in [0.4, 0.5) is 4.79 Å². The second-order valence-corrected chi connectivity index (χ2v) is 5.03. The van der Waals surface area contributed by atoms with Crippen LogP contribution in [0.15, 0.2) is 0 Å². The molecule has 1 aliphatic carbocycles. The maximum Gasteiger partial charge on any atom is 0.410 e. The Morgan fingerprint density at radius 1 is 1.40 bits per heavy atom. The average molecular weight is 215 g/mol. The summed E-state index contributed by atoms with van der Waals surface area (Å²) in [5.41, 5.74) is -0.357. The van der Waals surface area contributed by atoms with Crippen LogP contribution in [0, 0.1) is 5.92 Å². The van der Waals surface area contributed by atoms with Crippen molar-refractivity contribution in [3.8, 4) is 0 Å². The smallest absolute Gasteiger partial charge is 0.410 e. The van der Waals surface area contributed by atoms with Crippen LogP contribution in [0.25, 0.3) is 0 Å². The Balaban J connectivity index is 0.000000531. The first-order valence-electron chi connectivity index (χ1n) is 5.42. The molecule has 2 fully saturated rings. The lowest BCUT2D eigenvalue weighted by Gasteiger charge is -2.25. The van der Waals surface area contributed by atoms with Gasteiger partial charge in [0, 0.05) is 19.7 Å². The van der Waals surface area contributed by atoms with Crippen LogP contribution in [-0.4, -0.2) is 41.4 Å². The van der Waals surface area contributed by atoms with Crippen molar-refractivity contribution < 1.29 is 14.6 Å². The summed E-state index contributed by atoms with van der Waals surface area (Å²) in [5, 5.41) is 7.00. The van der Waals surface area contributed by atoms with Gasteiger partial charge in [-0.2, -0.15) is 0 Å². The van der Waals surface area contributed by atoms with Crippen molar-refractivity contribution in [3.63, 3.8) is 0 Å². The summed E-state index contributed by atoms with van der Waals surface area (Å²) in [5.74, 6) is 0.785. The van der Waals surface area contributed by atoms with Crippen LogP contribution < -0.4 is 0 Å². The fourth-order valence-corrected chi connectivity index (χ4v) is 1.94. The molecular weight excluding hydrogens is 194 g/mol. The van der Waals surface area contributed by atoms with Gasteiger partial charge < -0.3 is 14.7 Å². The van der Waals surface area contributed by atoms with E-state index in [0.717, 1.165) is 19.6 Å². The normalized spacial score (nSPS) is 27.7. The van der Waals surface area contributed by atoms with Crippen LogP contribution in [0.3, 0.4) is 0 Å². The standard InChI is InChI=1S/C10H17NO2.CH4O/c1-10(2,3)13-9(12)11-5-4-7-6-8(7)11;1-2/h7-8H,4-6H2,1-3H3;2H,1H3. The zero-order valence-electron chi connectivity index (χ0n) is 9.99. The Kier molecular flexibility index (Phi) is 3.60. The first-order valence-corrected chi connectivity index (χ1v) is 5.42. The number of ether oxygens (including phenoxy) is 1. The number of carbonyl (C=O) groups excluding carboxylic acids is 1. The molecule has 0 aromatic carbocycles. The third-order valence-corrected chi connectivity index (χ3v) is 2.65. The fraction of sp³-hybridized carbons (Fsp3) is 0.909. The van der Waals surface area contributed by atoms with Gasteiger partial charge in [-0.05, 0) is 39.5 Å². The van der Waals surface area contributed by atoms with Crippen LogP contribution in [0.5, 0.6) is 0 Å². The van der Waals surface area contributed by atoms with Gasteiger partial charge >= 0.3 is 6.09 Å². The van der Waals surface area contributed by atoms with Crippen molar-refractivity contribution >= 4 is 6.09 Å². The molecule has 0 radical (unpaired) electrons. The second kappa shape index (κ2) is 4.39. The first kappa shape index (κ1) is 12.3. The van der Waals surface area contributed by atoms with Gasteiger partial charge in [-0.1, -0.05) is 0 Å². The molecule has 1 N–H and O–H groups in total. The molecule has 0 aromatic rings. The number of fused-ring (bicyclic) bond motifs is 1. The van der Waals surface area contributed by atoms with Crippen LogP contribution in [0.2, 0.25) is 0 Å². The minimum atomic E-state index is -0.357. The van der Waals surface area contributed by atoms with E-state index in [4.69, 9.17) is 9.84 Å². The first-order chi connectivity index (χ1) is 6.97. The van der Waals surface area contributed by atoms with E-state index in [2.05, 4.69) is 0 Å². The minimum absolute atomic E-state index is 0.127. The van der Waals surface area contributed by atoms with Crippen molar-refractivity contribution in [2.24, 2.45) is 5.92 Å². The van der Waals surface area contributed by atoms with Gasteiger partial charge in [0.25, 0.3) is 0 Å². The van der Waals surface area contributed by atoms with E-state index in [1.54, 1.807) is 0 Å². The lowest BCUT2D eigenvalue weighted by atomic mass is 10.2. The highest BCUT2D eigenvalue weighted by molar-refractivity contribution is 5.69. The topological polar surface area (TPSA) is 49.8 Å². The third kappa shape index (κ3) is 3.09. The summed E-state index contributed by atoms with van der Waals surface area (Å²) >= 11 is 0. The number of rotatable bonds is 0. The van der Waals surface area contributed by atoms with E-state index in [1.165, 1.54) is 12.8 Å². The summed E-state index contributed by atoms with van der Waals surface area (Å²) in [6.45, 7) is 6.62. The summed E-state index contributed by atoms with van der Waals surface area (Å²) in [7, 11) is 1.00. The Bertz CT molecular complexity index is 234. The van der Waals surface area contributed by atoms with Gasteiger partial charge in [0.05, 0.1) is 0 Å². The van der Waals surface area contributed by atoms with Gasteiger partial charge in [-0.15, -0.1) is 0 Å². The zero-order valence-corrected chi connectivity index (χ0v) is 9.99. The molecule has 1 saturated heterocycles. The van der Waals surface area contributed by atoms with Crippen molar-refractivity contribution in [1.29, 1.82) is 0 Å². The number of carbonyl (C=O) groups is 1. The third-order valence-electron chi connectivity index (χ3n) is 2.65. The molecule has 2 atom stereocenters. The molecule has 1 aliphatic heterocycles. The van der Waals surface area contributed by atoms with Gasteiger partial charge in [0.1, 0.15) is 5.60 Å². The molecule has 2 rings (SSSR count). The number of aliphatic hydroxyl groups is 1. The fourth-order valence-electron chi connectivity index (χ4n) is 1.94. The van der Waals surface area contributed by atoms with E-state index < -0.39 is 0 Å². The Morgan fingerprint density at radius 3 is 2.33 bits per heavy atom. The molecule has 0 bridgehead atoms. The van der Waals surface area contributed by atoms with Crippen LogP contribution in [0.1, 0.15) is 33.6 Å². The molecule has 4 nitrogen and oxygen atoms in total. The lowest BCUT2D eigenvalue weighted by Crippen LogP contribution is -2.36. The zero-order chi connectivity index (χ0) is 11.6. The van der Waals surface area contributed by atoms with Crippen molar-refractivity contribution in [2.45, 2.75) is 45.3 Å². The number of hydrogen-bond acceptors (Lipinski definition) is 3. The Labute approximate surface area is 91.2 Å². The molecule has 2 unspecified atom stereocenters. The molecule has 0 aromatic heterocycles. The molecule has 2 aliphatic rings. The molecule has 1 saturated carbocycles. The number of hydrogen-bond donors (Lipinski definition) is 1. The van der Waals surface area contributed by atoms with E-state index in [-0.39, 0.29) is 11.7 Å². The molecule has 1 amide bonds. The van der Waals surface area contributed by atoms with E-state index in [1.807, 2.05) is 25.7 Å². The van der Waals surface area contributed by atoms with E-state index in [9.17, 15) is 4.79 Å². The number of nitrogens with zero attached hydrogens (tertiary/aromatic N) is 1. The molecule has 4 heteroatoms. The van der Waals surface area contributed by atoms with E-state index >= 15 is 0 Å². The number of piperidine rings is 1. The maximum atomic E-state index is 11.6. The molecule has 15 heavy (non-hydrogen) atoms. The number of likely N-dealkylation sites (tertiary alicyclic amines) is 1. The Morgan fingerprint density at radius 2 is 2.00 bits per heavy atom. The highest BCUT2D eigenvalue weighted by Crippen LogP contribution is 2.44. The largest absolute Gasteiger partial charge is 0.444 e. The van der Waals surface area contributed by atoms with E-state index in [0.29, 0.717) is 6.04 Å². The minimum Gasteiger partial charge on any atom is -0.444 e. The lowest BCUT2D eigenvalue weighted by molar-refractivity contribution is 0.0264.